The predicted molar refractivity (Wildman–Crippen MR) is 81.7 cm³/mol. The average molecular weight is 293 g/mol. The summed E-state index contributed by atoms with van der Waals surface area (Å²) in [7, 11) is 0. The molecule has 0 aromatic carbocycles. The smallest absolute Gasteiger partial charge is 0.237 e. The maximum atomic E-state index is 12.5. The summed E-state index contributed by atoms with van der Waals surface area (Å²) in [5.74, 6) is 0.406. The monoisotopic (exact) mass is 293 g/mol. The van der Waals surface area contributed by atoms with Crippen LogP contribution in [0.3, 0.4) is 0 Å². The first-order valence-corrected chi connectivity index (χ1v) is 7.19. The van der Waals surface area contributed by atoms with Crippen molar-refractivity contribution in [2.24, 2.45) is 11.1 Å². The van der Waals surface area contributed by atoms with Crippen molar-refractivity contribution in [3.8, 4) is 5.88 Å². The summed E-state index contributed by atoms with van der Waals surface area (Å²) in [5, 5.41) is 2.85. The summed E-state index contributed by atoms with van der Waals surface area (Å²) in [6.07, 6.45) is 4.97. The average Bonchev–Trinajstić information content (AvgIpc) is 2.92. The maximum absolute atomic E-state index is 12.5. The molecule has 3 N–H and O–H groups in total. The highest BCUT2D eigenvalue weighted by atomic mass is 32.1. The van der Waals surface area contributed by atoms with Crippen molar-refractivity contribution in [1.29, 1.82) is 0 Å². The number of nitrogens with one attached hydrogen (secondary N) is 1. The van der Waals surface area contributed by atoms with Crippen molar-refractivity contribution in [2.75, 3.05) is 11.9 Å². The molecule has 0 radical (unpaired) electrons. The zero-order chi connectivity index (χ0) is 14.6. The molecule has 1 fully saturated rings. The van der Waals surface area contributed by atoms with Gasteiger partial charge in [-0.2, -0.15) is 0 Å². The van der Waals surface area contributed by atoms with E-state index >= 15 is 0 Å². The molecule has 0 spiro atoms. The van der Waals surface area contributed by atoms with Gasteiger partial charge >= 0.3 is 0 Å². The van der Waals surface area contributed by atoms with Crippen molar-refractivity contribution >= 4 is 28.8 Å². The number of amides is 1. The molecule has 1 aromatic heterocycles. The fourth-order valence-corrected chi connectivity index (χ4v) is 2.80. The minimum atomic E-state index is -0.700. The summed E-state index contributed by atoms with van der Waals surface area (Å²) < 4.78 is 5.26. The van der Waals surface area contributed by atoms with Crippen LogP contribution in [0.25, 0.3) is 0 Å². The fourth-order valence-electron chi connectivity index (χ4n) is 2.50. The van der Waals surface area contributed by atoms with Crippen LogP contribution in [0.4, 0.5) is 5.69 Å². The Balaban J connectivity index is 2.08. The number of hydrogen-bond donors (Lipinski definition) is 2. The van der Waals surface area contributed by atoms with Crippen molar-refractivity contribution in [2.45, 2.75) is 32.6 Å². The summed E-state index contributed by atoms with van der Waals surface area (Å²) in [5.41, 5.74) is 5.71. The predicted octanol–water partition coefficient (Wildman–Crippen LogP) is 2.27. The number of ether oxygens (including phenoxy) is 1. The number of nitrogens with two attached hydrogens (primary N) is 1. The van der Waals surface area contributed by atoms with Crippen LogP contribution in [0.1, 0.15) is 32.6 Å². The van der Waals surface area contributed by atoms with E-state index in [1.807, 2.05) is 6.92 Å². The molecule has 108 valence electrons. The van der Waals surface area contributed by atoms with Gasteiger partial charge in [0.1, 0.15) is 0 Å². The van der Waals surface area contributed by atoms with Gasteiger partial charge in [-0.1, -0.05) is 25.1 Å². The Hall–Kier alpha value is -1.69. The first-order valence-electron chi connectivity index (χ1n) is 6.79. The molecule has 0 unspecified atom stereocenters. The van der Waals surface area contributed by atoms with Crippen LogP contribution < -0.4 is 15.8 Å². The fraction of sp³-hybridized carbons (Fsp3) is 0.500. The van der Waals surface area contributed by atoms with E-state index in [2.05, 4.69) is 10.3 Å². The van der Waals surface area contributed by atoms with E-state index in [1.165, 1.54) is 0 Å². The van der Waals surface area contributed by atoms with E-state index in [0.717, 1.165) is 25.7 Å². The van der Waals surface area contributed by atoms with Crippen LogP contribution in [-0.2, 0) is 4.79 Å². The normalized spacial score (nSPS) is 16.6. The van der Waals surface area contributed by atoms with Crippen LogP contribution in [0.5, 0.6) is 5.88 Å². The van der Waals surface area contributed by atoms with E-state index in [-0.39, 0.29) is 10.9 Å². The zero-order valence-electron chi connectivity index (χ0n) is 11.5. The topological polar surface area (TPSA) is 77.2 Å². The largest absolute Gasteiger partial charge is 0.478 e. The molecule has 1 amide bonds. The Morgan fingerprint density at radius 3 is 2.70 bits per heavy atom. The number of carbonyl (C=O) groups is 1. The first kappa shape index (κ1) is 14.7. The van der Waals surface area contributed by atoms with Crippen molar-refractivity contribution in [1.82, 2.24) is 4.98 Å². The number of hydrogen-bond acceptors (Lipinski definition) is 4. The van der Waals surface area contributed by atoms with Gasteiger partial charge in [-0.3, -0.25) is 4.79 Å². The Bertz CT molecular complexity index is 496. The van der Waals surface area contributed by atoms with E-state index < -0.39 is 5.41 Å². The minimum Gasteiger partial charge on any atom is -0.478 e. The second kappa shape index (κ2) is 6.17. The molecule has 0 bridgehead atoms. The van der Waals surface area contributed by atoms with Gasteiger partial charge in [-0.15, -0.1) is 0 Å². The molecule has 0 atom stereocenters. The molecule has 6 heteroatoms. The number of thiocarbonyl (C=S) groups is 1. The number of anilines is 1. The van der Waals surface area contributed by atoms with E-state index in [1.54, 1.807) is 18.3 Å². The van der Waals surface area contributed by atoms with Gasteiger partial charge in [0, 0.05) is 6.07 Å². The van der Waals surface area contributed by atoms with Gasteiger partial charge in [0.15, 0.2) is 0 Å². The third kappa shape index (κ3) is 2.90. The lowest BCUT2D eigenvalue weighted by Gasteiger charge is -2.26. The molecule has 0 saturated heterocycles. The molecular formula is C14H19N3O2S. The standard InChI is InChI=1S/C14H19N3O2S/c1-2-19-11-6-5-10(9-16-11)17-13(18)14(12(15)20)7-3-4-8-14/h5-6,9H,2-4,7-8H2,1H3,(H2,15,20)(H,17,18). The van der Waals surface area contributed by atoms with Crippen LogP contribution in [-0.4, -0.2) is 22.5 Å². The Kier molecular flexibility index (Phi) is 4.54. The highest BCUT2D eigenvalue weighted by Gasteiger charge is 2.43. The molecule has 1 heterocycles. The van der Waals surface area contributed by atoms with Crippen LogP contribution >= 0.6 is 12.2 Å². The van der Waals surface area contributed by atoms with Crippen LogP contribution in [0.15, 0.2) is 18.3 Å². The third-order valence-electron chi connectivity index (χ3n) is 3.65. The molecule has 5 nitrogen and oxygen atoms in total. The highest BCUT2D eigenvalue weighted by Crippen LogP contribution is 2.39. The first-order chi connectivity index (χ1) is 9.58. The molecular weight excluding hydrogens is 274 g/mol. The Morgan fingerprint density at radius 1 is 1.50 bits per heavy atom. The Morgan fingerprint density at radius 2 is 2.20 bits per heavy atom. The summed E-state index contributed by atoms with van der Waals surface area (Å²) in [4.78, 5) is 16.8. The van der Waals surface area contributed by atoms with Crippen molar-refractivity contribution < 1.29 is 9.53 Å². The number of nitrogens with zero attached hydrogens (tertiary/aromatic N) is 1. The lowest BCUT2D eigenvalue weighted by atomic mass is 9.85. The highest BCUT2D eigenvalue weighted by molar-refractivity contribution is 7.80. The van der Waals surface area contributed by atoms with Crippen LogP contribution in [0, 0.1) is 5.41 Å². The number of pyridine rings is 1. The van der Waals surface area contributed by atoms with Gasteiger partial charge < -0.3 is 15.8 Å². The SMILES string of the molecule is CCOc1ccc(NC(=O)C2(C(N)=S)CCCC2)cn1. The molecule has 2 rings (SSSR count). The molecule has 1 aliphatic rings. The molecule has 1 aromatic rings. The number of rotatable bonds is 5. The quantitative estimate of drug-likeness (QED) is 0.814. The molecule has 20 heavy (non-hydrogen) atoms. The molecule has 1 saturated carbocycles. The zero-order valence-corrected chi connectivity index (χ0v) is 12.3. The summed E-state index contributed by atoms with van der Waals surface area (Å²) >= 11 is 5.10. The van der Waals surface area contributed by atoms with Gasteiger partial charge in [0.2, 0.25) is 11.8 Å². The van der Waals surface area contributed by atoms with Crippen molar-refractivity contribution in [3.05, 3.63) is 18.3 Å². The summed E-state index contributed by atoms with van der Waals surface area (Å²) in [6.45, 7) is 2.45. The number of aromatic nitrogens is 1. The van der Waals surface area contributed by atoms with E-state index in [9.17, 15) is 4.79 Å². The summed E-state index contributed by atoms with van der Waals surface area (Å²) in [6, 6.07) is 3.49. The van der Waals surface area contributed by atoms with Gasteiger partial charge in [0.25, 0.3) is 0 Å². The maximum Gasteiger partial charge on any atom is 0.237 e. The van der Waals surface area contributed by atoms with Crippen LogP contribution in [0.2, 0.25) is 0 Å². The van der Waals surface area contributed by atoms with Crippen molar-refractivity contribution in [3.63, 3.8) is 0 Å². The molecule has 1 aliphatic carbocycles. The van der Waals surface area contributed by atoms with Gasteiger partial charge in [-0.25, -0.2) is 4.98 Å². The van der Waals surface area contributed by atoms with Gasteiger partial charge in [0.05, 0.1) is 28.9 Å². The Labute approximate surface area is 123 Å². The lowest BCUT2D eigenvalue weighted by Crippen LogP contribution is -2.43. The third-order valence-corrected chi connectivity index (χ3v) is 4.04. The minimum absolute atomic E-state index is 0.131. The lowest BCUT2D eigenvalue weighted by molar-refractivity contribution is -0.122. The molecule has 0 aliphatic heterocycles. The van der Waals surface area contributed by atoms with Gasteiger partial charge in [-0.05, 0) is 25.8 Å². The van der Waals surface area contributed by atoms with E-state index in [4.69, 9.17) is 22.7 Å². The second-order valence-corrected chi connectivity index (χ2v) is 5.37. The van der Waals surface area contributed by atoms with E-state index in [0.29, 0.717) is 18.2 Å². The second-order valence-electron chi connectivity index (χ2n) is 4.93. The number of carbonyl (C=O) groups excluding carboxylic acids is 1.